The van der Waals surface area contributed by atoms with Crippen molar-refractivity contribution in [3.05, 3.63) is 29.8 Å². The molecule has 0 unspecified atom stereocenters. The van der Waals surface area contributed by atoms with E-state index < -0.39 is 6.61 Å². The third-order valence-electron chi connectivity index (χ3n) is 3.90. The Kier molecular flexibility index (Phi) is 8.68. The largest absolute Gasteiger partial charge is 0.434 e. The number of hydrogen-bond donors (Lipinski definition) is 1. The molecule has 1 fully saturated rings. The van der Waals surface area contributed by atoms with Crippen molar-refractivity contribution in [3.8, 4) is 5.75 Å². The average molecular weight is 335 g/mol. The molecule has 3 nitrogen and oxygen atoms in total. The molecule has 1 aromatic carbocycles. The summed E-state index contributed by atoms with van der Waals surface area (Å²) in [4.78, 5) is 2.40. The summed E-state index contributed by atoms with van der Waals surface area (Å²) in [6, 6.07) is 7.62. The van der Waals surface area contributed by atoms with Gasteiger partial charge >= 0.3 is 6.61 Å². The lowest BCUT2D eigenvalue weighted by atomic mass is 10.0. The smallest absolute Gasteiger partial charge is 0.387 e. The fourth-order valence-corrected chi connectivity index (χ4v) is 2.91. The van der Waals surface area contributed by atoms with E-state index >= 15 is 0 Å². The van der Waals surface area contributed by atoms with Crippen LogP contribution < -0.4 is 10.1 Å². The summed E-state index contributed by atoms with van der Waals surface area (Å²) in [6.45, 7) is 3.08. The van der Waals surface area contributed by atoms with Gasteiger partial charge in [-0.3, -0.25) is 4.90 Å². The van der Waals surface area contributed by atoms with Crippen molar-refractivity contribution in [2.24, 2.45) is 0 Å². The maximum atomic E-state index is 12.5. The van der Waals surface area contributed by atoms with Crippen LogP contribution in [0.4, 0.5) is 8.78 Å². The van der Waals surface area contributed by atoms with Crippen LogP contribution in [0.3, 0.4) is 0 Å². The van der Waals surface area contributed by atoms with Crippen LogP contribution in [0.2, 0.25) is 0 Å². The molecule has 0 spiro atoms. The Morgan fingerprint density at radius 1 is 1.27 bits per heavy atom. The molecule has 0 aromatic heterocycles. The van der Waals surface area contributed by atoms with Gasteiger partial charge < -0.3 is 10.1 Å². The zero-order valence-corrected chi connectivity index (χ0v) is 13.7. The van der Waals surface area contributed by atoms with Crippen molar-refractivity contribution in [2.75, 3.05) is 19.6 Å². The highest BCUT2D eigenvalue weighted by Crippen LogP contribution is 2.24. The van der Waals surface area contributed by atoms with Gasteiger partial charge in [-0.05, 0) is 45.0 Å². The Morgan fingerprint density at radius 3 is 2.59 bits per heavy atom. The van der Waals surface area contributed by atoms with Crippen LogP contribution >= 0.6 is 12.4 Å². The number of benzene rings is 1. The molecule has 126 valence electrons. The van der Waals surface area contributed by atoms with Crippen molar-refractivity contribution in [3.63, 3.8) is 0 Å². The van der Waals surface area contributed by atoms with E-state index in [2.05, 4.69) is 21.9 Å². The first-order chi connectivity index (χ1) is 10.2. The van der Waals surface area contributed by atoms with Gasteiger partial charge in [0.1, 0.15) is 5.75 Å². The number of nitrogens with zero attached hydrogens (tertiary/aromatic N) is 1. The van der Waals surface area contributed by atoms with Gasteiger partial charge in [0.25, 0.3) is 0 Å². The van der Waals surface area contributed by atoms with E-state index in [9.17, 15) is 8.78 Å². The predicted molar refractivity (Wildman–Crippen MR) is 86.9 cm³/mol. The summed E-state index contributed by atoms with van der Waals surface area (Å²) in [7, 11) is 0. The highest BCUT2D eigenvalue weighted by atomic mass is 35.5. The van der Waals surface area contributed by atoms with Gasteiger partial charge in [-0.1, -0.05) is 25.1 Å². The van der Waals surface area contributed by atoms with Crippen molar-refractivity contribution >= 4 is 12.4 Å². The normalized spacial score (nSPS) is 15.9. The summed E-state index contributed by atoms with van der Waals surface area (Å²) >= 11 is 0. The minimum Gasteiger partial charge on any atom is -0.434 e. The van der Waals surface area contributed by atoms with Gasteiger partial charge in [-0.25, -0.2) is 0 Å². The molecule has 2 rings (SSSR count). The van der Waals surface area contributed by atoms with Crippen LogP contribution in [0.25, 0.3) is 0 Å². The second-order valence-electron chi connectivity index (χ2n) is 5.44. The third-order valence-corrected chi connectivity index (χ3v) is 3.90. The molecule has 1 saturated heterocycles. The fourth-order valence-electron chi connectivity index (χ4n) is 2.91. The Bertz CT molecular complexity index is 428. The van der Waals surface area contributed by atoms with Crippen LogP contribution in [0, 0.1) is 0 Å². The molecule has 0 radical (unpaired) electrons. The zero-order chi connectivity index (χ0) is 15.1. The molecular formula is C16H25ClF2N2O. The molecule has 0 bridgehead atoms. The standard InChI is InChI=1S/C16H24F2N2O.ClH/c1-2-11-20(14-7-9-19-10-8-14)12-13-5-3-4-6-15(13)21-16(17)18;/h3-6,14,16,19H,2,7-12H2,1H3;1H. The number of alkyl halides is 2. The van der Waals surface area contributed by atoms with Gasteiger partial charge in [-0.2, -0.15) is 8.78 Å². The van der Waals surface area contributed by atoms with Crippen LogP contribution in [-0.4, -0.2) is 37.2 Å². The lowest BCUT2D eigenvalue weighted by Gasteiger charge is -2.34. The van der Waals surface area contributed by atoms with Gasteiger partial charge in [0, 0.05) is 18.2 Å². The van der Waals surface area contributed by atoms with E-state index in [-0.39, 0.29) is 12.4 Å². The zero-order valence-electron chi connectivity index (χ0n) is 12.9. The molecule has 0 amide bonds. The van der Waals surface area contributed by atoms with E-state index in [0.717, 1.165) is 44.5 Å². The number of rotatable bonds is 7. The quantitative estimate of drug-likeness (QED) is 0.823. The van der Waals surface area contributed by atoms with Crippen LogP contribution in [0.15, 0.2) is 24.3 Å². The van der Waals surface area contributed by atoms with Gasteiger partial charge in [-0.15, -0.1) is 12.4 Å². The lowest BCUT2D eigenvalue weighted by Crippen LogP contribution is -2.43. The minimum atomic E-state index is -2.77. The number of ether oxygens (including phenoxy) is 1. The first kappa shape index (κ1) is 19.1. The lowest BCUT2D eigenvalue weighted by molar-refractivity contribution is -0.0509. The van der Waals surface area contributed by atoms with Gasteiger partial charge in [0.15, 0.2) is 0 Å². The molecule has 1 aliphatic heterocycles. The highest BCUT2D eigenvalue weighted by Gasteiger charge is 2.21. The SMILES string of the molecule is CCCN(Cc1ccccc1OC(F)F)C1CCNCC1.Cl. The van der Waals surface area contributed by atoms with E-state index in [1.165, 1.54) is 0 Å². The summed E-state index contributed by atoms with van der Waals surface area (Å²) in [6.07, 6.45) is 3.28. The maximum absolute atomic E-state index is 12.5. The van der Waals surface area contributed by atoms with E-state index in [1.807, 2.05) is 12.1 Å². The molecule has 1 heterocycles. The molecular weight excluding hydrogens is 310 g/mol. The molecule has 22 heavy (non-hydrogen) atoms. The second-order valence-corrected chi connectivity index (χ2v) is 5.44. The molecule has 0 atom stereocenters. The van der Waals surface area contributed by atoms with Crippen molar-refractivity contribution in [2.45, 2.75) is 45.4 Å². The Hall–Kier alpha value is -0.910. The maximum Gasteiger partial charge on any atom is 0.387 e. The van der Waals surface area contributed by atoms with Crippen LogP contribution in [-0.2, 0) is 6.54 Å². The summed E-state index contributed by atoms with van der Waals surface area (Å²) < 4.78 is 29.6. The highest BCUT2D eigenvalue weighted by molar-refractivity contribution is 5.85. The minimum absolute atomic E-state index is 0. The Labute approximate surface area is 137 Å². The first-order valence-electron chi connectivity index (χ1n) is 7.68. The number of piperidine rings is 1. The van der Waals surface area contributed by atoms with E-state index in [1.54, 1.807) is 12.1 Å². The molecule has 1 aromatic rings. The average Bonchev–Trinajstić information content (AvgIpc) is 2.49. The van der Waals surface area contributed by atoms with E-state index in [0.29, 0.717) is 18.3 Å². The number of hydrogen-bond acceptors (Lipinski definition) is 3. The number of nitrogens with one attached hydrogen (secondary N) is 1. The van der Waals surface area contributed by atoms with Gasteiger partial charge in [0.05, 0.1) is 0 Å². The molecule has 0 aliphatic carbocycles. The van der Waals surface area contributed by atoms with Crippen LogP contribution in [0.1, 0.15) is 31.7 Å². The Balaban J connectivity index is 0.00000242. The first-order valence-corrected chi connectivity index (χ1v) is 7.68. The predicted octanol–water partition coefficient (Wildman–Crippen LogP) is 3.67. The third kappa shape index (κ3) is 5.71. The molecule has 0 saturated carbocycles. The van der Waals surface area contributed by atoms with Gasteiger partial charge in [0.2, 0.25) is 0 Å². The number of halogens is 3. The van der Waals surface area contributed by atoms with Crippen molar-refractivity contribution in [1.82, 2.24) is 10.2 Å². The topological polar surface area (TPSA) is 24.5 Å². The van der Waals surface area contributed by atoms with Crippen molar-refractivity contribution in [1.29, 1.82) is 0 Å². The monoisotopic (exact) mass is 334 g/mol. The fraction of sp³-hybridized carbons (Fsp3) is 0.625. The Morgan fingerprint density at radius 2 is 1.95 bits per heavy atom. The summed E-state index contributed by atoms with van der Waals surface area (Å²) in [5.74, 6) is 0.294. The van der Waals surface area contributed by atoms with E-state index in [4.69, 9.17) is 0 Å². The summed E-state index contributed by atoms with van der Waals surface area (Å²) in [5, 5.41) is 3.36. The van der Waals surface area contributed by atoms with Crippen molar-refractivity contribution < 1.29 is 13.5 Å². The van der Waals surface area contributed by atoms with Crippen LogP contribution in [0.5, 0.6) is 5.75 Å². The molecule has 6 heteroatoms. The summed E-state index contributed by atoms with van der Waals surface area (Å²) in [5.41, 5.74) is 0.838. The molecule has 1 N–H and O–H groups in total. The second kappa shape index (κ2) is 9.98. The number of para-hydroxylation sites is 1. The molecule has 1 aliphatic rings.